The van der Waals surface area contributed by atoms with Gasteiger partial charge < -0.3 is 5.11 Å². The van der Waals surface area contributed by atoms with Crippen molar-refractivity contribution >= 4 is 43.0 Å². The van der Waals surface area contributed by atoms with Gasteiger partial charge in [-0.25, -0.2) is 8.42 Å². The predicted molar refractivity (Wildman–Crippen MR) is 75.2 cm³/mol. The second kappa shape index (κ2) is 5.40. The van der Waals surface area contributed by atoms with Crippen LogP contribution in [0.1, 0.15) is 5.56 Å². The van der Waals surface area contributed by atoms with Crippen LogP contribution in [0.2, 0.25) is 0 Å². The van der Waals surface area contributed by atoms with Gasteiger partial charge in [-0.1, -0.05) is 12.1 Å². The van der Waals surface area contributed by atoms with Gasteiger partial charge in [-0.15, -0.1) is 11.3 Å². The van der Waals surface area contributed by atoms with E-state index in [2.05, 4.69) is 20.7 Å². The minimum absolute atomic E-state index is 0.166. The lowest BCUT2D eigenvalue weighted by Crippen LogP contribution is -2.11. The fourth-order valence-corrected chi connectivity index (χ4v) is 4.11. The van der Waals surface area contributed by atoms with Gasteiger partial charge in [0.1, 0.15) is 4.21 Å². The summed E-state index contributed by atoms with van der Waals surface area (Å²) < 4.78 is 27.5. The summed E-state index contributed by atoms with van der Waals surface area (Å²) in [7, 11) is -3.60. The zero-order chi connectivity index (χ0) is 13.2. The first kappa shape index (κ1) is 13.5. The van der Waals surface area contributed by atoms with E-state index in [0.29, 0.717) is 15.7 Å². The highest BCUT2D eigenvalue weighted by Crippen LogP contribution is 2.27. The highest BCUT2D eigenvalue weighted by Gasteiger charge is 2.17. The Morgan fingerprint density at radius 3 is 2.67 bits per heavy atom. The maximum absolute atomic E-state index is 12.1. The number of para-hydroxylation sites is 1. The van der Waals surface area contributed by atoms with Crippen LogP contribution in [0.15, 0.2) is 44.4 Å². The summed E-state index contributed by atoms with van der Waals surface area (Å²) in [6, 6.07) is 8.44. The van der Waals surface area contributed by atoms with Crippen molar-refractivity contribution in [2.24, 2.45) is 0 Å². The molecule has 96 valence electrons. The average Bonchev–Trinajstić information content (AvgIpc) is 2.81. The predicted octanol–water partition coefficient (Wildman–Crippen LogP) is 2.80. The lowest BCUT2D eigenvalue weighted by molar-refractivity contribution is 0.282. The molecule has 0 saturated heterocycles. The third kappa shape index (κ3) is 2.92. The number of anilines is 1. The van der Waals surface area contributed by atoms with Gasteiger partial charge in [-0.05, 0) is 45.1 Å². The van der Waals surface area contributed by atoms with E-state index in [9.17, 15) is 8.42 Å². The molecule has 0 atom stereocenters. The molecule has 0 fully saturated rings. The molecule has 0 aliphatic heterocycles. The molecule has 1 heterocycles. The normalized spacial score (nSPS) is 11.4. The van der Waals surface area contributed by atoms with Crippen LogP contribution in [-0.2, 0) is 16.6 Å². The molecular weight excluding hydrogens is 338 g/mol. The molecular formula is C11H10BrNO3S2. The van der Waals surface area contributed by atoms with Gasteiger partial charge in [0, 0.05) is 4.47 Å². The molecule has 18 heavy (non-hydrogen) atoms. The van der Waals surface area contributed by atoms with Crippen LogP contribution in [0.5, 0.6) is 0 Å². The number of halogens is 1. The van der Waals surface area contributed by atoms with Crippen molar-refractivity contribution in [1.29, 1.82) is 0 Å². The average molecular weight is 348 g/mol. The Kier molecular flexibility index (Phi) is 4.06. The van der Waals surface area contributed by atoms with Crippen molar-refractivity contribution in [3.05, 3.63) is 45.7 Å². The summed E-state index contributed by atoms with van der Waals surface area (Å²) >= 11 is 4.36. The van der Waals surface area contributed by atoms with Crippen LogP contribution in [0.3, 0.4) is 0 Å². The quantitative estimate of drug-likeness (QED) is 0.893. The van der Waals surface area contributed by atoms with Gasteiger partial charge in [0.2, 0.25) is 0 Å². The SMILES string of the molecule is O=S(=O)(Nc1ccccc1Br)c1cc(CO)cs1. The number of sulfonamides is 1. The number of aliphatic hydroxyl groups excluding tert-OH is 1. The lowest BCUT2D eigenvalue weighted by atomic mass is 10.3. The van der Waals surface area contributed by atoms with Crippen molar-refractivity contribution in [2.75, 3.05) is 4.72 Å². The van der Waals surface area contributed by atoms with Crippen LogP contribution in [0, 0.1) is 0 Å². The molecule has 0 unspecified atom stereocenters. The number of aliphatic hydroxyl groups is 1. The molecule has 2 N–H and O–H groups in total. The van der Waals surface area contributed by atoms with Gasteiger partial charge in [-0.3, -0.25) is 4.72 Å². The van der Waals surface area contributed by atoms with Crippen LogP contribution in [-0.4, -0.2) is 13.5 Å². The van der Waals surface area contributed by atoms with Crippen LogP contribution < -0.4 is 4.72 Å². The topological polar surface area (TPSA) is 66.4 Å². The molecule has 2 aromatic rings. The second-order valence-electron chi connectivity index (χ2n) is 3.52. The molecule has 0 bridgehead atoms. The van der Waals surface area contributed by atoms with E-state index >= 15 is 0 Å². The molecule has 0 amide bonds. The summed E-state index contributed by atoms with van der Waals surface area (Å²) in [6.07, 6.45) is 0. The Morgan fingerprint density at radius 1 is 1.33 bits per heavy atom. The van der Waals surface area contributed by atoms with Crippen LogP contribution in [0.4, 0.5) is 5.69 Å². The minimum atomic E-state index is -3.60. The van der Waals surface area contributed by atoms with E-state index in [-0.39, 0.29) is 10.8 Å². The van der Waals surface area contributed by atoms with Crippen LogP contribution >= 0.6 is 27.3 Å². The number of thiophene rings is 1. The molecule has 0 aliphatic rings. The maximum atomic E-state index is 12.1. The van der Waals surface area contributed by atoms with Crippen molar-refractivity contribution < 1.29 is 13.5 Å². The molecule has 0 radical (unpaired) electrons. The fraction of sp³-hybridized carbons (Fsp3) is 0.0909. The van der Waals surface area contributed by atoms with E-state index in [1.807, 2.05) is 0 Å². The number of hydrogen-bond donors (Lipinski definition) is 2. The number of benzene rings is 1. The fourth-order valence-electron chi connectivity index (χ4n) is 1.32. The summed E-state index contributed by atoms with van der Waals surface area (Å²) in [5, 5.41) is 10.6. The Hall–Kier alpha value is -0.890. The number of hydrogen-bond acceptors (Lipinski definition) is 4. The van der Waals surface area contributed by atoms with Crippen molar-refractivity contribution in [3.8, 4) is 0 Å². The van der Waals surface area contributed by atoms with Gasteiger partial charge in [0.05, 0.1) is 12.3 Å². The van der Waals surface area contributed by atoms with E-state index in [1.54, 1.807) is 29.6 Å². The van der Waals surface area contributed by atoms with Gasteiger partial charge >= 0.3 is 0 Å². The van der Waals surface area contributed by atoms with E-state index < -0.39 is 10.0 Å². The minimum Gasteiger partial charge on any atom is -0.392 e. The van der Waals surface area contributed by atoms with Crippen molar-refractivity contribution in [2.45, 2.75) is 10.8 Å². The molecule has 4 nitrogen and oxygen atoms in total. The Balaban J connectivity index is 2.30. The smallest absolute Gasteiger partial charge is 0.271 e. The molecule has 0 saturated carbocycles. The zero-order valence-electron chi connectivity index (χ0n) is 9.13. The van der Waals surface area contributed by atoms with E-state index in [1.165, 1.54) is 6.07 Å². The largest absolute Gasteiger partial charge is 0.392 e. The van der Waals surface area contributed by atoms with Crippen molar-refractivity contribution in [1.82, 2.24) is 0 Å². The molecule has 1 aromatic carbocycles. The first-order valence-electron chi connectivity index (χ1n) is 4.98. The lowest BCUT2D eigenvalue weighted by Gasteiger charge is -2.07. The van der Waals surface area contributed by atoms with E-state index in [0.717, 1.165) is 11.3 Å². The van der Waals surface area contributed by atoms with Crippen molar-refractivity contribution in [3.63, 3.8) is 0 Å². The molecule has 1 aromatic heterocycles. The first-order valence-corrected chi connectivity index (χ1v) is 8.14. The maximum Gasteiger partial charge on any atom is 0.271 e. The standard InChI is InChI=1S/C11H10BrNO3S2/c12-9-3-1-2-4-10(9)13-18(15,16)11-5-8(6-14)7-17-11/h1-5,7,13-14H,6H2. The highest BCUT2D eigenvalue weighted by atomic mass is 79.9. The Morgan fingerprint density at radius 2 is 2.06 bits per heavy atom. The van der Waals surface area contributed by atoms with Gasteiger partial charge in [-0.2, -0.15) is 0 Å². The molecule has 7 heteroatoms. The van der Waals surface area contributed by atoms with Gasteiger partial charge in [0.25, 0.3) is 10.0 Å². The summed E-state index contributed by atoms with van der Waals surface area (Å²) in [6.45, 7) is -0.166. The van der Waals surface area contributed by atoms with E-state index in [4.69, 9.17) is 5.11 Å². The summed E-state index contributed by atoms with van der Waals surface area (Å²) in [5.41, 5.74) is 1.07. The second-order valence-corrected chi connectivity index (χ2v) is 7.19. The first-order chi connectivity index (χ1) is 8.53. The number of nitrogens with one attached hydrogen (secondary N) is 1. The molecule has 0 aliphatic carbocycles. The molecule has 0 spiro atoms. The zero-order valence-corrected chi connectivity index (χ0v) is 12.3. The van der Waals surface area contributed by atoms with Gasteiger partial charge in [0.15, 0.2) is 0 Å². The van der Waals surface area contributed by atoms with Crippen LogP contribution in [0.25, 0.3) is 0 Å². The Bertz CT molecular complexity index is 652. The highest BCUT2D eigenvalue weighted by molar-refractivity contribution is 9.10. The summed E-state index contributed by atoms with van der Waals surface area (Å²) in [4.78, 5) is 0. The monoisotopic (exact) mass is 347 g/mol. The summed E-state index contributed by atoms with van der Waals surface area (Å²) in [5.74, 6) is 0. The molecule has 2 rings (SSSR count). The Labute approximate surface area is 117 Å². The third-order valence-electron chi connectivity index (χ3n) is 2.20. The number of rotatable bonds is 4. The third-order valence-corrected chi connectivity index (χ3v) is 5.74.